The van der Waals surface area contributed by atoms with Crippen LogP contribution in [0.2, 0.25) is 0 Å². The molecule has 162 valence electrons. The molecular formula is C21H19F3N4O3. The van der Waals surface area contributed by atoms with Crippen LogP contribution in [0.4, 0.5) is 13.2 Å². The molecule has 2 aromatic heterocycles. The number of likely N-dealkylation sites (tertiary alicyclic amines) is 1. The molecule has 7 nitrogen and oxygen atoms in total. The van der Waals surface area contributed by atoms with E-state index in [1.165, 1.54) is 6.20 Å². The van der Waals surface area contributed by atoms with Crippen LogP contribution in [0.15, 0.2) is 47.1 Å². The Kier molecular flexibility index (Phi) is 5.62. The minimum Gasteiger partial charge on any atom is -0.497 e. The number of nitrogens with zero attached hydrogens (tertiary/aromatic N) is 4. The fourth-order valence-corrected chi connectivity index (χ4v) is 3.64. The van der Waals surface area contributed by atoms with E-state index in [0.717, 1.165) is 18.4 Å². The third-order valence-electron chi connectivity index (χ3n) is 5.18. The predicted molar refractivity (Wildman–Crippen MR) is 103 cm³/mol. The number of carbonyl (C=O) groups excluding carboxylic acids is 1. The van der Waals surface area contributed by atoms with Crippen molar-refractivity contribution < 1.29 is 27.2 Å². The van der Waals surface area contributed by atoms with E-state index in [-0.39, 0.29) is 23.3 Å². The highest BCUT2D eigenvalue weighted by atomic mass is 19.4. The van der Waals surface area contributed by atoms with Crippen LogP contribution in [-0.4, -0.2) is 46.1 Å². The van der Waals surface area contributed by atoms with Gasteiger partial charge in [0.2, 0.25) is 5.82 Å². The standard InChI is InChI=1S/C21H19F3N4O3/c1-30-16-6-2-4-14(10-16)19(29)28-9-3-5-15(12-28)13-7-8-25-17(11-13)18-26-20(31-27-18)21(22,23)24/h2,4,6-8,10-11,15H,3,5,9,12H2,1H3/t15-/m1/s1. The third kappa shape index (κ3) is 4.52. The average Bonchev–Trinajstić information content (AvgIpc) is 3.30. The van der Waals surface area contributed by atoms with Gasteiger partial charge in [-0.25, -0.2) is 0 Å². The SMILES string of the molecule is COc1cccc(C(=O)N2CCC[C@@H](c3ccnc(-c4noc(C(F)(F)F)n4)c3)C2)c1. The van der Waals surface area contributed by atoms with Gasteiger partial charge in [-0.2, -0.15) is 18.2 Å². The maximum absolute atomic E-state index is 12.9. The summed E-state index contributed by atoms with van der Waals surface area (Å²) >= 11 is 0. The summed E-state index contributed by atoms with van der Waals surface area (Å²) in [6, 6.07) is 10.4. The topological polar surface area (TPSA) is 81.4 Å². The second-order valence-electron chi connectivity index (χ2n) is 7.22. The highest BCUT2D eigenvalue weighted by molar-refractivity contribution is 5.94. The zero-order valence-electron chi connectivity index (χ0n) is 16.6. The summed E-state index contributed by atoms with van der Waals surface area (Å²) in [5.41, 5.74) is 1.58. The molecule has 0 bridgehead atoms. The van der Waals surface area contributed by atoms with Gasteiger partial charge in [-0.1, -0.05) is 11.2 Å². The molecule has 0 spiro atoms. The molecule has 0 aliphatic carbocycles. The molecule has 1 saturated heterocycles. The van der Waals surface area contributed by atoms with Crippen molar-refractivity contribution in [3.05, 3.63) is 59.6 Å². The number of hydrogen-bond donors (Lipinski definition) is 0. The summed E-state index contributed by atoms with van der Waals surface area (Å²) < 4.78 is 47.7. The first-order chi connectivity index (χ1) is 14.8. The van der Waals surface area contributed by atoms with E-state index in [4.69, 9.17) is 4.74 Å². The Labute approximate surface area is 175 Å². The molecule has 3 heterocycles. The van der Waals surface area contributed by atoms with E-state index >= 15 is 0 Å². The van der Waals surface area contributed by atoms with Crippen molar-refractivity contribution in [1.29, 1.82) is 0 Å². The Balaban J connectivity index is 1.53. The Morgan fingerprint density at radius 1 is 1.26 bits per heavy atom. The van der Waals surface area contributed by atoms with Gasteiger partial charge >= 0.3 is 12.1 Å². The minimum atomic E-state index is -4.72. The summed E-state index contributed by atoms with van der Waals surface area (Å²) in [6.07, 6.45) is -1.58. The lowest BCUT2D eigenvalue weighted by Crippen LogP contribution is -2.39. The highest BCUT2D eigenvalue weighted by Crippen LogP contribution is 2.31. The van der Waals surface area contributed by atoms with Gasteiger partial charge in [0.25, 0.3) is 5.91 Å². The number of amides is 1. The molecule has 1 aliphatic heterocycles. The van der Waals surface area contributed by atoms with Crippen LogP contribution in [0.5, 0.6) is 5.75 Å². The van der Waals surface area contributed by atoms with Crippen molar-refractivity contribution >= 4 is 5.91 Å². The molecule has 1 amide bonds. The molecule has 0 radical (unpaired) electrons. The molecule has 0 saturated carbocycles. The Hall–Kier alpha value is -3.43. The third-order valence-corrected chi connectivity index (χ3v) is 5.18. The summed E-state index contributed by atoms with van der Waals surface area (Å²) in [7, 11) is 1.54. The van der Waals surface area contributed by atoms with E-state index in [9.17, 15) is 18.0 Å². The fourth-order valence-electron chi connectivity index (χ4n) is 3.64. The smallest absolute Gasteiger partial charge is 0.471 e. The molecule has 1 aliphatic rings. The van der Waals surface area contributed by atoms with E-state index in [2.05, 4.69) is 19.6 Å². The second kappa shape index (κ2) is 8.37. The Morgan fingerprint density at radius 2 is 2.10 bits per heavy atom. The first-order valence-electron chi connectivity index (χ1n) is 9.65. The maximum Gasteiger partial charge on any atom is 0.471 e. The molecular weight excluding hydrogens is 413 g/mol. The van der Waals surface area contributed by atoms with Crippen LogP contribution in [0.25, 0.3) is 11.5 Å². The molecule has 4 rings (SSSR count). The highest BCUT2D eigenvalue weighted by Gasteiger charge is 2.38. The zero-order chi connectivity index (χ0) is 22.0. The van der Waals surface area contributed by atoms with E-state index < -0.39 is 12.1 Å². The first-order valence-corrected chi connectivity index (χ1v) is 9.65. The number of hydrogen-bond acceptors (Lipinski definition) is 6. The summed E-state index contributed by atoms with van der Waals surface area (Å²) in [6.45, 7) is 1.11. The number of carbonyl (C=O) groups is 1. The van der Waals surface area contributed by atoms with Crippen molar-refractivity contribution in [2.45, 2.75) is 24.9 Å². The fraction of sp³-hybridized carbons (Fsp3) is 0.333. The second-order valence-corrected chi connectivity index (χ2v) is 7.22. The van der Waals surface area contributed by atoms with Crippen LogP contribution in [0.1, 0.15) is 40.6 Å². The minimum absolute atomic E-state index is 0.0130. The Morgan fingerprint density at radius 3 is 2.84 bits per heavy atom. The number of aromatic nitrogens is 3. The van der Waals surface area contributed by atoms with Crippen molar-refractivity contribution in [3.63, 3.8) is 0 Å². The van der Waals surface area contributed by atoms with Gasteiger partial charge in [0.1, 0.15) is 11.4 Å². The molecule has 1 atom stereocenters. The van der Waals surface area contributed by atoms with Crippen LogP contribution in [0.3, 0.4) is 0 Å². The van der Waals surface area contributed by atoms with E-state index in [0.29, 0.717) is 24.4 Å². The molecule has 10 heteroatoms. The summed E-state index contributed by atoms with van der Waals surface area (Å²) in [4.78, 5) is 22.2. The van der Waals surface area contributed by atoms with Crippen LogP contribution < -0.4 is 4.74 Å². The summed E-state index contributed by atoms with van der Waals surface area (Å²) in [5.74, 6) is -1.11. The van der Waals surface area contributed by atoms with Crippen LogP contribution >= 0.6 is 0 Å². The lowest BCUT2D eigenvalue weighted by Gasteiger charge is -2.33. The number of alkyl halides is 3. The van der Waals surface area contributed by atoms with Gasteiger partial charge in [-0.05, 0) is 48.7 Å². The van der Waals surface area contributed by atoms with Crippen molar-refractivity contribution in [3.8, 4) is 17.3 Å². The normalized spacial score (nSPS) is 16.9. The maximum atomic E-state index is 12.9. The predicted octanol–water partition coefficient (Wildman–Crippen LogP) is 4.18. The molecule has 0 unspecified atom stereocenters. The lowest BCUT2D eigenvalue weighted by molar-refractivity contribution is -0.159. The molecule has 1 fully saturated rings. The largest absolute Gasteiger partial charge is 0.497 e. The number of halogens is 3. The molecule has 31 heavy (non-hydrogen) atoms. The zero-order valence-corrected chi connectivity index (χ0v) is 16.6. The van der Waals surface area contributed by atoms with Crippen molar-refractivity contribution in [2.24, 2.45) is 0 Å². The van der Waals surface area contributed by atoms with Crippen molar-refractivity contribution in [2.75, 3.05) is 20.2 Å². The van der Waals surface area contributed by atoms with Crippen molar-refractivity contribution in [1.82, 2.24) is 20.0 Å². The number of methoxy groups -OCH3 is 1. The monoisotopic (exact) mass is 432 g/mol. The van der Waals surface area contributed by atoms with E-state index in [1.807, 2.05) is 0 Å². The van der Waals surface area contributed by atoms with Gasteiger partial charge in [0.15, 0.2) is 0 Å². The average molecular weight is 432 g/mol. The number of pyridine rings is 1. The number of piperidine rings is 1. The molecule has 0 N–H and O–H groups in total. The van der Waals surface area contributed by atoms with Crippen LogP contribution in [0, 0.1) is 0 Å². The van der Waals surface area contributed by atoms with Gasteiger partial charge < -0.3 is 14.2 Å². The van der Waals surface area contributed by atoms with Gasteiger partial charge in [0, 0.05) is 30.8 Å². The number of rotatable bonds is 4. The Bertz CT molecular complexity index is 1080. The lowest BCUT2D eigenvalue weighted by atomic mass is 9.90. The van der Waals surface area contributed by atoms with Gasteiger partial charge in [-0.3, -0.25) is 9.78 Å². The van der Waals surface area contributed by atoms with Gasteiger partial charge in [0.05, 0.1) is 7.11 Å². The number of benzene rings is 1. The first kappa shape index (κ1) is 20.8. The molecule has 1 aromatic carbocycles. The summed E-state index contributed by atoms with van der Waals surface area (Å²) in [5, 5.41) is 3.39. The molecule has 3 aromatic rings. The van der Waals surface area contributed by atoms with Gasteiger partial charge in [-0.15, -0.1) is 0 Å². The number of ether oxygens (including phenoxy) is 1. The quantitative estimate of drug-likeness (QED) is 0.615. The van der Waals surface area contributed by atoms with Crippen LogP contribution in [-0.2, 0) is 6.18 Å². The van der Waals surface area contributed by atoms with E-state index in [1.54, 1.807) is 48.4 Å².